The van der Waals surface area contributed by atoms with E-state index in [0.29, 0.717) is 5.75 Å². The third kappa shape index (κ3) is 4.31. The summed E-state index contributed by atoms with van der Waals surface area (Å²) in [6, 6.07) is 10.9. The summed E-state index contributed by atoms with van der Waals surface area (Å²) in [4.78, 5) is 28.9. The van der Waals surface area contributed by atoms with Crippen LogP contribution in [0.2, 0.25) is 5.02 Å². The van der Waals surface area contributed by atoms with Crippen molar-refractivity contribution in [3.8, 4) is 23.3 Å². The molecule has 0 amide bonds. The Hall–Kier alpha value is -3.70. The highest BCUT2D eigenvalue weighted by Gasteiger charge is 2.21. The number of Topliss-reactive ketones (excluding diaryl/α,β-unsaturated/α-hetero) is 1. The van der Waals surface area contributed by atoms with Crippen molar-refractivity contribution in [1.82, 2.24) is 9.55 Å². The third-order valence-electron chi connectivity index (χ3n) is 4.18. The highest BCUT2D eigenvalue weighted by Crippen LogP contribution is 2.30. The zero-order chi connectivity index (χ0) is 21.8. The van der Waals surface area contributed by atoms with Gasteiger partial charge in [0.15, 0.2) is 23.0 Å². The van der Waals surface area contributed by atoms with Gasteiger partial charge < -0.3 is 9.47 Å². The summed E-state index contributed by atoms with van der Waals surface area (Å²) in [6.45, 7) is 1.34. The number of ether oxygens (including phenoxy) is 2. The van der Waals surface area contributed by atoms with Gasteiger partial charge in [0.1, 0.15) is 11.8 Å². The number of hydrogen-bond acceptors (Lipinski definition) is 6. The van der Waals surface area contributed by atoms with Gasteiger partial charge in [-0.1, -0.05) is 23.7 Å². The number of halogens is 2. The fourth-order valence-corrected chi connectivity index (χ4v) is 2.89. The van der Waals surface area contributed by atoms with E-state index in [9.17, 15) is 14.0 Å². The number of carbonyl (C=O) groups excluding carboxylic acids is 1. The average Bonchev–Trinajstić information content (AvgIpc) is 2.73. The van der Waals surface area contributed by atoms with Crippen molar-refractivity contribution in [2.75, 3.05) is 7.11 Å². The quantitative estimate of drug-likeness (QED) is 0.553. The summed E-state index contributed by atoms with van der Waals surface area (Å²) >= 11 is 5.90. The molecule has 0 aliphatic carbocycles. The van der Waals surface area contributed by atoms with Gasteiger partial charge in [0.2, 0.25) is 5.75 Å². The van der Waals surface area contributed by atoms with Gasteiger partial charge in [-0.05, 0) is 23.8 Å². The highest BCUT2D eigenvalue weighted by atomic mass is 35.5. The van der Waals surface area contributed by atoms with Gasteiger partial charge in [-0.25, -0.2) is 9.37 Å². The molecule has 3 rings (SSSR count). The molecular weight excluding hydrogens is 413 g/mol. The summed E-state index contributed by atoms with van der Waals surface area (Å²) in [7, 11) is 1.54. The highest BCUT2D eigenvalue weighted by molar-refractivity contribution is 6.30. The largest absolute Gasteiger partial charge is 0.497 e. The number of hydrogen-bond donors (Lipinski definition) is 0. The molecule has 1 aromatic heterocycles. The first-order chi connectivity index (χ1) is 14.3. The van der Waals surface area contributed by atoms with Crippen LogP contribution in [-0.2, 0) is 6.54 Å². The van der Waals surface area contributed by atoms with Crippen LogP contribution in [0.15, 0.2) is 47.5 Å². The molecular formula is C21H15ClFN3O4. The Bertz CT molecular complexity index is 1220. The first kappa shape index (κ1) is 21.0. The minimum Gasteiger partial charge on any atom is -0.497 e. The average molecular weight is 428 g/mol. The number of carbonyl (C=O) groups is 1. The van der Waals surface area contributed by atoms with Gasteiger partial charge in [0.05, 0.1) is 25.5 Å². The molecule has 0 saturated heterocycles. The molecule has 0 unspecified atom stereocenters. The molecule has 3 aromatic rings. The van der Waals surface area contributed by atoms with Crippen LogP contribution in [0.1, 0.15) is 28.5 Å². The van der Waals surface area contributed by atoms with Crippen molar-refractivity contribution < 1.29 is 18.7 Å². The number of methoxy groups -OCH3 is 1. The van der Waals surface area contributed by atoms with Crippen molar-refractivity contribution in [3.05, 3.63) is 80.7 Å². The van der Waals surface area contributed by atoms with Gasteiger partial charge in [0.25, 0.3) is 5.56 Å². The third-order valence-corrected chi connectivity index (χ3v) is 4.40. The molecule has 1 heterocycles. The maximum Gasteiger partial charge on any atom is 0.297 e. The van der Waals surface area contributed by atoms with Crippen molar-refractivity contribution in [2.45, 2.75) is 13.5 Å². The second kappa shape index (κ2) is 8.76. The van der Waals surface area contributed by atoms with Crippen molar-refractivity contribution in [1.29, 1.82) is 5.26 Å². The maximum atomic E-state index is 14.5. The lowest BCUT2D eigenvalue weighted by molar-refractivity contribution is 0.100. The molecule has 0 spiro atoms. The van der Waals surface area contributed by atoms with E-state index in [1.807, 2.05) is 0 Å². The lowest BCUT2D eigenvalue weighted by atomic mass is 10.2. The topological polar surface area (TPSA) is 94.2 Å². The Kier molecular flexibility index (Phi) is 6.14. The van der Waals surface area contributed by atoms with Gasteiger partial charge in [-0.2, -0.15) is 5.26 Å². The summed E-state index contributed by atoms with van der Waals surface area (Å²) in [5.74, 6) is -1.79. The predicted molar refractivity (Wildman–Crippen MR) is 107 cm³/mol. The van der Waals surface area contributed by atoms with E-state index in [4.69, 9.17) is 26.3 Å². The monoisotopic (exact) mass is 427 g/mol. The molecule has 0 aliphatic heterocycles. The first-order valence-electron chi connectivity index (χ1n) is 8.64. The van der Waals surface area contributed by atoms with Crippen LogP contribution in [0.5, 0.6) is 17.2 Å². The van der Waals surface area contributed by atoms with Gasteiger partial charge in [0, 0.05) is 18.0 Å². The molecule has 0 fully saturated rings. The van der Waals surface area contributed by atoms with Crippen LogP contribution in [0.25, 0.3) is 0 Å². The van der Waals surface area contributed by atoms with E-state index in [1.165, 1.54) is 17.8 Å². The molecule has 0 atom stereocenters. The summed E-state index contributed by atoms with van der Waals surface area (Å²) in [5.41, 5.74) is -0.543. The predicted octanol–water partition coefficient (Wildman–Crippen LogP) is 3.96. The molecule has 0 bridgehead atoms. The van der Waals surface area contributed by atoms with Crippen molar-refractivity contribution in [2.24, 2.45) is 0 Å². The smallest absolute Gasteiger partial charge is 0.297 e. The Balaban J connectivity index is 2.06. The van der Waals surface area contributed by atoms with Crippen molar-refractivity contribution >= 4 is 17.4 Å². The normalized spacial score (nSPS) is 10.4. The maximum absolute atomic E-state index is 14.5. The Morgan fingerprint density at radius 1 is 1.30 bits per heavy atom. The number of nitriles is 1. The summed E-state index contributed by atoms with van der Waals surface area (Å²) in [5, 5.41) is 9.07. The summed E-state index contributed by atoms with van der Waals surface area (Å²) in [6.07, 6.45) is 1.21. The van der Waals surface area contributed by atoms with Crippen LogP contribution in [0, 0.1) is 17.1 Å². The Morgan fingerprint density at radius 2 is 2.00 bits per heavy atom. The van der Waals surface area contributed by atoms with Crippen molar-refractivity contribution in [3.63, 3.8) is 0 Å². The SMILES string of the molecule is COc1ccc(Cn2cnc(C(C)=O)c(Oc3cc(Cl)cc(C#N)c3F)c2=O)cc1. The summed E-state index contributed by atoms with van der Waals surface area (Å²) < 4.78 is 26.2. The fraction of sp³-hybridized carbons (Fsp3) is 0.143. The number of benzene rings is 2. The van der Waals surface area contributed by atoms with Crippen LogP contribution < -0.4 is 15.0 Å². The fourth-order valence-electron chi connectivity index (χ4n) is 2.68. The van der Waals surface area contributed by atoms with Gasteiger partial charge >= 0.3 is 0 Å². The van der Waals surface area contributed by atoms with Gasteiger partial charge in [-0.15, -0.1) is 0 Å². The first-order valence-corrected chi connectivity index (χ1v) is 9.02. The van der Waals surface area contributed by atoms with E-state index in [1.54, 1.807) is 37.4 Å². The number of aromatic nitrogens is 2. The standard InChI is InChI=1S/C21H15ClFN3O4/c1-12(27)19-20(30-17-8-15(22)7-14(9-24)18(17)23)21(28)26(11-25-19)10-13-3-5-16(29-2)6-4-13/h3-8,11H,10H2,1-2H3. The van der Waals surface area contributed by atoms with E-state index in [0.717, 1.165) is 17.7 Å². The Labute approximate surface area is 175 Å². The molecule has 0 saturated carbocycles. The Morgan fingerprint density at radius 3 is 2.60 bits per heavy atom. The van der Waals surface area contributed by atoms with E-state index >= 15 is 0 Å². The van der Waals surface area contributed by atoms with E-state index < -0.39 is 28.7 Å². The second-order valence-electron chi connectivity index (χ2n) is 6.24. The van der Waals surface area contributed by atoms with Crippen LogP contribution in [0.4, 0.5) is 4.39 Å². The minimum atomic E-state index is -0.999. The number of rotatable bonds is 6. The zero-order valence-electron chi connectivity index (χ0n) is 16.0. The van der Waals surface area contributed by atoms with Crippen LogP contribution in [-0.4, -0.2) is 22.4 Å². The molecule has 7 nitrogen and oxygen atoms in total. The molecule has 0 N–H and O–H groups in total. The second-order valence-corrected chi connectivity index (χ2v) is 6.68. The molecule has 0 aliphatic rings. The molecule has 30 heavy (non-hydrogen) atoms. The lowest BCUT2D eigenvalue weighted by Crippen LogP contribution is -2.25. The van der Waals surface area contributed by atoms with E-state index in [-0.39, 0.29) is 22.8 Å². The molecule has 9 heteroatoms. The minimum absolute atomic E-state index is 0.0368. The molecule has 0 radical (unpaired) electrons. The van der Waals surface area contributed by atoms with Crippen LogP contribution >= 0.6 is 11.6 Å². The zero-order valence-corrected chi connectivity index (χ0v) is 16.7. The van der Waals surface area contributed by atoms with E-state index in [2.05, 4.69) is 4.98 Å². The van der Waals surface area contributed by atoms with Gasteiger partial charge in [-0.3, -0.25) is 14.2 Å². The number of nitrogens with zero attached hydrogens (tertiary/aromatic N) is 3. The lowest BCUT2D eigenvalue weighted by Gasteiger charge is -2.13. The molecule has 2 aromatic carbocycles. The number of ketones is 1. The molecule has 152 valence electrons. The van der Waals surface area contributed by atoms with Crippen LogP contribution in [0.3, 0.4) is 0 Å².